The Kier molecular flexibility index (Phi) is 4.90. The molecule has 1 unspecified atom stereocenters. The molecule has 0 aliphatic carbocycles. The minimum atomic E-state index is -4.46. The molecule has 0 bridgehead atoms. The Labute approximate surface area is 128 Å². The van der Waals surface area contributed by atoms with Crippen LogP contribution < -0.4 is 10.5 Å². The minimum absolute atomic E-state index is 0.0772. The predicted octanol–water partition coefficient (Wildman–Crippen LogP) is 4.55. The SMILES string of the molecule is NCC(Oc1ccccc1C(F)(F)F)c1ccc(Br)cc1. The topological polar surface area (TPSA) is 35.2 Å². The van der Waals surface area contributed by atoms with E-state index in [1.165, 1.54) is 18.2 Å². The van der Waals surface area contributed by atoms with E-state index in [4.69, 9.17) is 10.5 Å². The van der Waals surface area contributed by atoms with Crippen LogP contribution in [0.25, 0.3) is 0 Å². The first-order valence-corrected chi connectivity index (χ1v) is 6.99. The van der Waals surface area contributed by atoms with E-state index in [0.29, 0.717) is 0 Å². The summed E-state index contributed by atoms with van der Waals surface area (Å²) in [6.07, 6.45) is -5.10. The maximum atomic E-state index is 12.9. The molecular weight excluding hydrogens is 347 g/mol. The third kappa shape index (κ3) is 3.98. The zero-order valence-electron chi connectivity index (χ0n) is 10.9. The number of hydrogen-bond donors (Lipinski definition) is 1. The van der Waals surface area contributed by atoms with Gasteiger partial charge in [0, 0.05) is 11.0 Å². The van der Waals surface area contributed by atoms with Gasteiger partial charge in [0.15, 0.2) is 0 Å². The van der Waals surface area contributed by atoms with E-state index in [2.05, 4.69) is 15.9 Å². The zero-order valence-corrected chi connectivity index (χ0v) is 12.5. The van der Waals surface area contributed by atoms with Gasteiger partial charge in [0.25, 0.3) is 0 Å². The van der Waals surface area contributed by atoms with Gasteiger partial charge in [-0.1, -0.05) is 40.2 Å². The molecule has 0 fully saturated rings. The van der Waals surface area contributed by atoms with Crippen molar-refractivity contribution in [2.45, 2.75) is 12.3 Å². The second-order valence-corrected chi connectivity index (χ2v) is 5.30. The zero-order chi connectivity index (χ0) is 15.5. The molecule has 2 aromatic rings. The van der Waals surface area contributed by atoms with Crippen LogP contribution in [0.3, 0.4) is 0 Å². The molecule has 0 spiro atoms. The molecule has 2 aromatic carbocycles. The van der Waals surface area contributed by atoms with Gasteiger partial charge in [-0.25, -0.2) is 0 Å². The quantitative estimate of drug-likeness (QED) is 0.869. The number of ether oxygens (including phenoxy) is 1. The monoisotopic (exact) mass is 359 g/mol. The van der Waals surface area contributed by atoms with Crippen LogP contribution in [0, 0.1) is 0 Å². The number of para-hydroxylation sites is 1. The highest BCUT2D eigenvalue weighted by molar-refractivity contribution is 9.10. The lowest BCUT2D eigenvalue weighted by molar-refractivity contribution is -0.139. The van der Waals surface area contributed by atoms with Gasteiger partial charge < -0.3 is 10.5 Å². The molecule has 2 nitrogen and oxygen atoms in total. The Morgan fingerprint density at radius 3 is 2.24 bits per heavy atom. The van der Waals surface area contributed by atoms with Crippen molar-refractivity contribution < 1.29 is 17.9 Å². The Morgan fingerprint density at radius 1 is 1.05 bits per heavy atom. The molecule has 6 heteroatoms. The van der Waals surface area contributed by atoms with Crippen molar-refractivity contribution >= 4 is 15.9 Å². The molecule has 0 aromatic heterocycles. The Bertz CT molecular complexity index is 599. The van der Waals surface area contributed by atoms with Crippen LogP contribution in [-0.4, -0.2) is 6.54 Å². The van der Waals surface area contributed by atoms with E-state index >= 15 is 0 Å². The van der Waals surface area contributed by atoms with Crippen LogP contribution in [0.2, 0.25) is 0 Å². The lowest BCUT2D eigenvalue weighted by atomic mass is 10.1. The lowest BCUT2D eigenvalue weighted by Gasteiger charge is -2.21. The van der Waals surface area contributed by atoms with Crippen molar-refractivity contribution in [3.05, 3.63) is 64.1 Å². The van der Waals surface area contributed by atoms with Crippen molar-refractivity contribution in [1.82, 2.24) is 0 Å². The van der Waals surface area contributed by atoms with E-state index in [1.807, 2.05) is 0 Å². The molecule has 112 valence electrons. The molecule has 21 heavy (non-hydrogen) atoms. The van der Waals surface area contributed by atoms with E-state index in [-0.39, 0.29) is 12.3 Å². The Balaban J connectivity index is 2.29. The summed E-state index contributed by atoms with van der Waals surface area (Å²) in [5.41, 5.74) is 5.55. The van der Waals surface area contributed by atoms with E-state index in [9.17, 15) is 13.2 Å². The summed E-state index contributed by atoms with van der Waals surface area (Å²) >= 11 is 3.30. The number of rotatable bonds is 4. The van der Waals surface area contributed by atoms with Crippen LogP contribution in [-0.2, 0) is 6.18 Å². The van der Waals surface area contributed by atoms with Gasteiger partial charge in [-0.15, -0.1) is 0 Å². The molecule has 0 radical (unpaired) electrons. The largest absolute Gasteiger partial charge is 0.484 e. The van der Waals surface area contributed by atoms with Crippen LogP contribution in [0.5, 0.6) is 5.75 Å². The molecular formula is C15H13BrF3NO. The van der Waals surface area contributed by atoms with Gasteiger partial charge in [0.2, 0.25) is 0 Å². The van der Waals surface area contributed by atoms with Gasteiger partial charge in [0.05, 0.1) is 5.56 Å². The summed E-state index contributed by atoms with van der Waals surface area (Å²) in [5, 5.41) is 0. The lowest BCUT2D eigenvalue weighted by Crippen LogP contribution is -2.20. The average Bonchev–Trinajstić information content (AvgIpc) is 2.45. The first-order chi connectivity index (χ1) is 9.91. The van der Waals surface area contributed by atoms with Gasteiger partial charge in [-0.05, 0) is 29.8 Å². The predicted molar refractivity (Wildman–Crippen MR) is 78.0 cm³/mol. The third-order valence-electron chi connectivity index (χ3n) is 2.92. The molecule has 1 atom stereocenters. The van der Waals surface area contributed by atoms with Crippen LogP contribution >= 0.6 is 15.9 Å². The molecule has 0 saturated carbocycles. The average molecular weight is 360 g/mol. The molecule has 0 aliphatic rings. The third-order valence-corrected chi connectivity index (χ3v) is 3.45. The Hall–Kier alpha value is -1.53. The van der Waals surface area contributed by atoms with Crippen LogP contribution in [0.4, 0.5) is 13.2 Å². The van der Waals surface area contributed by atoms with Gasteiger partial charge in [-0.2, -0.15) is 13.2 Å². The maximum Gasteiger partial charge on any atom is 0.419 e. The number of benzene rings is 2. The van der Waals surface area contributed by atoms with E-state index in [0.717, 1.165) is 16.1 Å². The second kappa shape index (κ2) is 6.49. The number of halogens is 4. The van der Waals surface area contributed by atoms with Crippen molar-refractivity contribution in [3.8, 4) is 5.75 Å². The smallest absolute Gasteiger partial charge is 0.419 e. The summed E-state index contributed by atoms with van der Waals surface area (Å²) in [4.78, 5) is 0. The van der Waals surface area contributed by atoms with E-state index < -0.39 is 17.8 Å². The fraction of sp³-hybridized carbons (Fsp3) is 0.200. The first kappa shape index (κ1) is 15.9. The van der Waals surface area contributed by atoms with Gasteiger partial charge in [0.1, 0.15) is 11.9 Å². The molecule has 0 aliphatic heterocycles. The Morgan fingerprint density at radius 2 is 1.67 bits per heavy atom. The van der Waals surface area contributed by atoms with E-state index in [1.54, 1.807) is 24.3 Å². The van der Waals surface area contributed by atoms with Crippen molar-refractivity contribution in [3.63, 3.8) is 0 Å². The number of hydrogen-bond acceptors (Lipinski definition) is 2. The molecule has 0 saturated heterocycles. The standard InChI is InChI=1S/C15H13BrF3NO/c16-11-7-5-10(6-8-11)14(9-20)21-13-4-2-1-3-12(13)15(17,18)19/h1-8,14H,9,20H2. The minimum Gasteiger partial charge on any atom is -0.484 e. The van der Waals surface area contributed by atoms with Crippen LogP contribution in [0.15, 0.2) is 53.0 Å². The number of nitrogens with two attached hydrogens (primary N) is 1. The van der Waals surface area contributed by atoms with Crippen molar-refractivity contribution in [2.75, 3.05) is 6.54 Å². The molecule has 0 amide bonds. The summed E-state index contributed by atoms with van der Waals surface area (Å²) < 4.78 is 45.2. The summed E-state index contributed by atoms with van der Waals surface area (Å²) in [6.45, 7) is 0.0772. The van der Waals surface area contributed by atoms with Gasteiger partial charge >= 0.3 is 6.18 Å². The molecule has 2 rings (SSSR count). The first-order valence-electron chi connectivity index (χ1n) is 6.20. The normalized spacial score (nSPS) is 13.0. The van der Waals surface area contributed by atoms with Crippen LogP contribution in [0.1, 0.15) is 17.2 Å². The summed E-state index contributed by atoms with van der Waals surface area (Å²) in [5.74, 6) is -0.219. The number of alkyl halides is 3. The highest BCUT2D eigenvalue weighted by Gasteiger charge is 2.34. The summed E-state index contributed by atoms with van der Waals surface area (Å²) in [7, 11) is 0. The van der Waals surface area contributed by atoms with Crippen molar-refractivity contribution in [1.29, 1.82) is 0 Å². The maximum absolute atomic E-state index is 12.9. The van der Waals surface area contributed by atoms with Gasteiger partial charge in [-0.3, -0.25) is 0 Å². The molecule has 2 N–H and O–H groups in total. The highest BCUT2D eigenvalue weighted by Crippen LogP contribution is 2.37. The summed E-state index contributed by atoms with van der Waals surface area (Å²) in [6, 6.07) is 12.2. The fourth-order valence-corrected chi connectivity index (χ4v) is 2.15. The highest BCUT2D eigenvalue weighted by atomic mass is 79.9. The second-order valence-electron chi connectivity index (χ2n) is 4.39. The fourth-order valence-electron chi connectivity index (χ4n) is 1.89. The van der Waals surface area contributed by atoms with Crippen molar-refractivity contribution in [2.24, 2.45) is 5.73 Å². The molecule has 0 heterocycles.